The van der Waals surface area contributed by atoms with E-state index in [1.165, 1.54) is 0 Å². The first-order chi connectivity index (χ1) is 6.24. The summed E-state index contributed by atoms with van der Waals surface area (Å²) in [5.41, 5.74) is 1.85. The van der Waals surface area contributed by atoms with Crippen LogP contribution in [0.15, 0.2) is 33.9 Å². The van der Waals surface area contributed by atoms with E-state index < -0.39 is 0 Å². The minimum atomic E-state index is 0.639. The van der Waals surface area contributed by atoms with Gasteiger partial charge in [0, 0.05) is 5.70 Å². The van der Waals surface area contributed by atoms with Crippen molar-refractivity contribution in [1.82, 2.24) is 0 Å². The second-order valence-corrected chi connectivity index (χ2v) is 2.88. The molecule has 0 aromatic heterocycles. The summed E-state index contributed by atoms with van der Waals surface area (Å²) < 4.78 is 5.18. The van der Waals surface area contributed by atoms with Crippen LogP contribution >= 0.6 is 0 Å². The summed E-state index contributed by atoms with van der Waals surface area (Å²) in [7, 11) is 0. The Kier molecular flexibility index (Phi) is 3.58. The quantitative estimate of drug-likeness (QED) is 0.470. The van der Waals surface area contributed by atoms with Gasteiger partial charge in [0.1, 0.15) is 0 Å². The summed E-state index contributed by atoms with van der Waals surface area (Å²) in [6.07, 6.45) is 2.84. The minimum absolute atomic E-state index is 0.639. The van der Waals surface area contributed by atoms with Crippen LogP contribution in [0.5, 0.6) is 0 Å². The molecule has 70 valence electrons. The van der Waals surface area contributed by atoms with Gasteiger partial charge in [-0.15, -0.1) is 0 Å². The van der Waals surface area contributed by atoms with Gasteiger partial charge in [0.2, 0.25) is 0 Å². The van der Waals surface area contributed by atoms with E-state index in [1.807, 2.05) is 13.0 Å². The van der Waals surface area contributed by atoms with Gasteiger partial charge < -0.3 is 4.74 Å². The van der Waals surface area contributed by atoms with E-state index in [1.54, 1.807) is 0 Å². The van der Waals surface area contributed by atoms with Crippen molar-refractivity contribution in [3.05, 3.63) is 23.9 Å². The molecule has 3 nitrogen and oxygen atoms in total. The zero-order valence-electron chi connectivity index (χ0n) is 7.92. The number of allylic oxidation sites excluding steroid dienone is 1. The molecule has 1 rings (SSSR count). The topological polar surface area (TPSA) is 34.0 Å². The molecule has 3 heteroatoms. The molecule has 0 spiro atoms. The molecule has 1 aliphatic heterocycles. The third-order valence-electron chi connectivity index (χ3n) is 1.70. The van der Waals surface area contributed by atoms with Gasteiger partial charge in [-0.2, -0.15) is 0 Å². The maximum absolute atomic E-state index is 5.18. The van der Waals surface area contributed by atoms with Gasteiger partial charge in [-0.05, 0) is 25.6 Å². The van der Waals surface area contributed by atoms with Crippen LogP contribution < -0.4 is 0 Å². The van der Waals surface area contributed by atoms with E-state index in [4.69, 9.17) is 4.74 Å². The van der Waals surface area contributed by atoms with E-state index in [0.29, 0.717) is 12.4 Å². The van der Waals surface area contributed by atoms with Crippen LogP contribution in [0.1, 0.15) is 13.3 Å². The maximum Gasteiger partial charge on any atom is 0.154 e. The van der Waals surface area contributed by atoms with Gasteiger partial charge in [0.15, 0.2) is 5.84 Å². The van der Waals surface area contributed by atoms with E-state index >= 15 is 0 Å². The number of hydrogen-bond acceptors (Lipinski definition) is 2. The Morgan fingerprint density at radius 1 is 1.62 bits per heavy atom. The highest BCUT2D eigenvalue weighted by molar-refractivity contribution is 6.01. The van der Waals surface area contributed by atoms with Crippen molar-refractivity contribution in [3.8, 4) is 0 Å². The molecule has 0 aromatic carbocycles. The van der Waals surface area contributed by atoms with E-state index in [9.17, 15) is 0 Å². The maximum atomic E-state index is 5.18. The Bertz CT molecular complexity index is 277. The van der Waals surface area contributed by atoms with Crippen LogP contribution in [0.2, 0.25) is 0 Å². The van der Waals surface area contributed by atoms with Crippen LogP contribution in [0, 0.1) is 0 Å². The molecule has 0 amide bonds. The Morgan fingerprint density at radius 3 is 2.85 bits per heavy atom. The van der Waals surface area contributed by atoms with Crippen molar-refractivity contribution in [2.45, 2.75) is 13.3 Å². The highest BCUT2D eigenvalue weighted by Gasteiger charge is 2.08. The number of rotatable bonds is 2. The van der Waals surface area contributed by atoms with Crippen molar-refractivity contribution < 1.29 is 4.74 Å². The van der Waals surface area contributed by atoms with E-state index in [-0.39, 0.29) is 0 Å². The zero-order valence-corrected chi connectivity index (χ0v) is 7.92. The molecule has 0 aromatic rings. The van der Waals surface area contributed by atoms with Gasteiger partial charge in [0.05, 0.1) is 13.2 Å². The highest BCUT2D eigenvalue weighted by Crippen LogP contribution is 2.11. The molecule has 0 unspecified atom stereocenters. The molecular weight excluding hydrogens is 164 g/mol. The molecule has 0 atom stereocenters. The lowest BCUT2D eigenvalue weighted by Gasteiger charge is -2.12. The number of nitrogens with zero attached hydrogens (tertiary/aromatic N) is 2. The van der Waals surface area contributed by atoms with Gasteiger partial charge in [-0.25, -0.2) is 9.98 Å². The van der Waals surface area contributed by atoms with Crippen molar-refractivity contribution >= 4 is 12.6 Å². The number of amidine groups is 1. The highest BCUT2D eigenvalue weighted by atomic mass is 16.5. The molecule has 0 saturated heterocycles. The standard InChI is InChI=1S/C10H14N2O/c1-8(2)12-10(11-3)9-4-6-13-7-5-9/h4H,1,3,5-7H2,2H3. The lowest BCUT2D eigenvalue weighted by atomic mass is 10.1. The van der Waals surface area contributed by atoms with Crippen molar-refractivity contribution in [1.29, 1.82) is 0 Å². The fourth-order valence-electron chi connectivity index (χ4n) is 1.12. The number of hydrogen-bond donors (Lipinski definition) is 0. The van der Waals surface area contributed by atoms with Crippen LogP contribution in [0.25, 0.3) is 0 Å². The predicted molar refractivity (Wildman–Crippen MR) is 55.3 cm³/mol. The second-order valence-electron chi connectivity index (χ2n) is 2.88. The van der Waals surface area contributed by atoms with Crippen LogP contribution in [0.4, 0.5) is 0 Å². The molecule has 0 bridgehead atoms. The first kappa shape index (κ1) is 9.86. The fraction of sp³-hybridized carbons (Fsp3) is 0.400. The third-order valence-corrected chi connectivity index (χ3v) is 1.70. The Hall–Kier alpha value is -1.22. The largest absolute Gasteiger partial charge is 0.377 e. The normalized spacial score (nSPS) is 17.9. The van der Waals surface area contributed by atoms with E-state index in [2.05, 4.69) is 23.3 Å². The third kappa shape index (κ3) is 2.95. The summed E-state index contributed by atoms with van der Waals surface area (Å²) >= 11 is 0. The molecular formula is C10H14N2O. The first-order valence-corrected chi connectivity index (χ1v) is 4.22. The van der Waals surface area contributed by atoms with Gasteiger partial charge in [-0.1, -0.05) is 12.7 Å². The van der Waals surface area contributed by atoms with Crippen molar-refractivity contribution in [3.63, 3.8) is 0 Å². The van der Waals surface area contributed by atoms with Gasteiger partial charge in [0.25, 0.3) is 0 Å². The number of aliphatic imine (C=N–C) groups is 2. The predicted octanol–water partition coefficient (Wildman–Crippen LogP) is 1.97. The Balaban J connectivity index is 2.82. The van der Waals surface area contributed by atoms with Crippen LogP contribution in [0.3, 0.4) is 0 Å². The molecule has 13 heavy (non-hydrogen) atoms. The Labute approximate surface area is 78.5 Å². The molecule has 0 aliphatic carbocycles. The molecule has 0 fully saturated rings. The monoisotopic (exact) mass is 178 g/mol. The molecule has 0 radical (unpaired) electrons. The summed E-state index contributed by atoms with van der Waals surface area (Å²) in [6.45, 7) is 10.4. The summed E-state index contributed by atoms with van der Waals surface area (Å²) in [5, 5.41) is 0. The summed E-state index contributed by atoms with van der Waals surface area (Å²) in [5.74, 6) is 0.677. The lowest BCUT2D eigenvalue weighted by Crippen LogP contribution is -2.10. The molecule has 0 N–H and O–H groups in total. The molecule has 1 heterocycles. The van der Waals surface area contributed by atoms with Crippen molar-refractivity contribution in [2.24, 2.45) is 9.98 Å². The molecule has 0 saturated carbocycles. The zero-order chi connectivity index (χ0) is 9.68. The van der Waals surface area contributed by atoms with Crippen molar-refractivity contribution in [2.75, 3.05) is 13.2 Å². The van der Waals surface area contributed by atoms with Gasteiger partial charge in [-0.3, -0.25) is 0 Å². The second kappa shape index (κ2) is 4.72. The Morgan fingerprint density at radius 2 is 2.38 bits per heavy atom. The minimum Gasteiger partial charge on any atom is -0.377 e. The van der Waals surface area contributed by atoms with Crippen LogP contribution in [-0.4, -0.2) is 25.8 Å². The van der Waals surface area contributed by atoms with E-state index in [0.717, 1.165) is 24.3 Å². The SMILES string of the molecule is C=NC(=NC(=C)C)C1=CCOCC1. The lowest BCUT2D eigenvalue weighted by molar-refractivity contribution is 0.156. The molecule has 1 aliphatic rings. The summed E-state index contributed by atoms with van der Waals surface area (Å²) in [4.78, 5) is 8.06. The average Bonchev–Trinajstić information content (AvgIpc) is 2.15. The van der Waals surface area contributed by atoms with Crippen LogP contribution in [-0.2, 0) is 4.74 Å². The fourth-order valence-corrected chi connectivity index (χ4v) is 1.12. The average molecular weight is 178 g/mol. The van der Waals surface area contributed by atoms with Gasteiger partial charge >= 0.3 is 0 Å². The number of ether oxygens (including phenoxy) is 1. The smallest absolute Gasteiger partial charge is 0.154 e. The first-order valence-electron chi connectivity index (χ1n) is 4.22. The summed E-state index contributed by atoms with van der Waals surface area (Å²) in [6, 6.07) is 0.